The zero-order valence-corrected chi connectivity index (χ0v) is 5.50. The molecule has 0 aromatic rings. The number of nitrogens with zero attached hydrogens (tertiary/aromatic N) is 1. The van der Waals surface area contributed by atoms with Gasteiger partial charge in [0.05, 0.1) is 5.57 Å². The molecule has 1 aliphatic heterocycles. The van der Waals surface area contributed by atoms with Gasteiger partial charge in [0, 0.05) is 13.1 Å². The fraction of sp³-hybridized carbons (Fsp3) is 0.667. The minimum absolute atomic E-state index is 0.0243. The van der Waals surface area contributed by atoms with Crippen LogP contribution in [0.2, 0.25) is 0 Å². The molecule has 10 heavy (non-hydrogen) atoms. The highest BCUT2D eigenvalue weighted by Crippen LogP contribution is 2.27. The van der Waals surface area contributed by atoms with Gasteiger partial charge in [-0.15, -0.1) is 0 Å². The maximum absolute atomic E-state index is 11.8. The Balaban J connectivity index is 2.60. The first kappa shape index (κ1) is 7.60. The molecule has 0 saturated heterocycles. The molecule has 1 heterocycles. The van der Waals surface area contributed by atoms with E-state index >= 15 is 0 Å². The van der Waals surface area contributed by atoms with E-state index in [-0.39, 0.29) is 13.1 Å². The van der Waals surface area contributed by atoms with E-state index in [1.807, 2.05) is 0 Å². The molecule has 0 spiro atoms. The van der Waals surface area contributed by atoms with E-state index in [0.29, 0.717) is 0 Å². The highest BCUT2D eigenvalue weighted by Gasteiger charge is 2.36. The second kappa shape index (κ2) is 2.27. The summed E-state index contributed by atoms with van der Waals surface area (Å²) in [5.41, 5.74) is -0.546. The van der Waals surface area contributed by atoms with Gasteiger partial charge in [-0.2, -0.15) is 13.2 Å². The third-order valence-electron chi connectivity index (χ3n) is 1.33. The molecule has 0 aliphatic carbocycles. The van der Waals surface area contributed by atoms with Gasteiger partial charge in [0.15, 0.2) is 0 Å². The average Bonchev–Trinajstić information content (AvgIpc) is 2.11. The normalized spacial score (nSPS) is 21.4. The molecule has 1 aliphatic rings. The number of rotatable bonds is 0. The summed E-state index contributed by atoms with van der Waals surface area (Å²) in [5.74, 6) is 0. The molecule has 57 valence electrons. The van der Waals surface area contributed by atoms with Gasteiger partial charge in [-0.25, -0.2) is 0 Å². The van der Waals surface area contributed by atoms with Gasteiger partial charge < -0.3 is 0 Å². The van der Waals surface area contributed by atoms with Gasteiger partial charge in [-0.1, -0.05) is 0 Å². The van der Waals surface area contributed by atoms with Gasteiger partial charge in [0.25, 0.3) is 0 Å². The topological polar surface area (TPSA) is 3.24 Å². The summed E-state index contributed by atoms with van der Waals surface area (Å²) in [6, 6.07) is 0. The molecule has 0 saturated carbocycles. The number of hydrogen-bond acceptors (Lipinski definition) is 1. The lowest BCUT2D eigenvalue weighted by Gasteiger charge is -2.09. The first-order valence-electron chi connectivity index (χ1n) is 2.85. The van der Waals surface area contributed by atoms with Gasteiger partial charge >= 0.3 is 6.18 Å². The Morgan fingerprint density at radius 2 is 2.10 bits per heavy atom. The minimum atomic E-state index is -4.18. The van der Waals surface area contributed by atoms with Crippen molar-refractivity contribution in [2.45, 2.75) is 6.18 Å². The summed E-state index contributed by atoms with van der Waals surface area (Å²) in [6.07, 6.45) is -1.91. The van der Waals surface area contributed by atoms with E-state index in [4.69, 9.17) is 0 Å². The van der Waals surface area contributed by atoms with Gasteiger partial charge in [-0.3, -0.25) is 4.90 Å². The summed E-state index contributed by atoms with van der Waals surface area (Å²) in [5, 5.41) is 0. The number of halogens is 3. The number of alkyl halides is 3. The average molecular weight is 150 g/mol. The van der Waals surface area contributed by atoms with E-state index in [2.05, 4.69) is 6.08 Å². The summed E-state index contributed by atoms with van der Waals surface area (Å²) in [4.78, 5) is 1.56. The highest BCUT2D eigenvalue weighted by molar-refractivity contribution is 5.11. The molecule has 1 rings (SSSR count). The van der Waals surface area contributed by atoms with Gasteiger partial charge in [-0.05, 0) is 13.1 Å². The van der Waals surface area contributed by atoms with Crippen LogP contribution in [0.3, 0.4) is 0 Å². The molecule has 0 aromatic heterocycles. The molecule has 0 aromatic carbocycles. The van der Waals surface area contributed by atoms with Crippen molar-refractivity contribution in [2.24, 2.45) is 0 Å². The summed E-state index contributed by atoms with van der Waals surface area (Å²) in [7, 11) is 1.63. The molecule has 0 unspecified atom stereocenters. The van der Waals surface area contributed by atoms with Crippen molar-refractivity contribution < 1.29 is 13.2 Å². The van der Waals surface area contributed by atoms with E-state index in [0.717, 1.165) is 0 Å². The predicted molar refractivity (Wildman–Crippen MR) is 30.3 cm³/mol. The first-order chi connectivity index (χ1) is 4.50. The Hall–Kier alpha value is -0.510. The van der Waals surface area contributed by atoms with Crippen molar-refractivity contribution in [3.05, 3.63) is 11.6 Å². The third-order valence-corrected chi connectivity index (χ3v) is 1.33. The minimum Gasteiger partial charge on any atom is -0.298 e. The maximum atomic E-state index is 11.8. The van der Waals surface area contributed by atoms with E-state index in [1.165, 1.54) is 0 Å². The number of likely N-dealkylation sites (N-methyl/N-ethyl adjacent to an activating group) is 1. The maximum Gasteiger partial charge on any atom is 0.414 e. The van der Waals surface area contributed by atoms with E-state index < -0.39 is 11.7 Å². The van der Waals surface area contributed by atoms with Crippen molar-refractivity contribution >= 4 is 0 Å². The Labute approximate surface area is 57.1 Å². The molecule has 1 nitrogen and oxygen atoms in total. The quantitative estimate of drug-likeness (QED) is 0.502. The lowest BCUT2D eigenvalue weighted by Crippen LogP contribution is -2.20. The van der Waals surface area contributed by atoms with Crippen molar-refractivity contribution in [3.8, 4) is 0 Å². The monoisotopic (exact) mass is 150 g/mol. The standard InChI is InChI=1S/C6H7F3N/c1-10-3-2-5(4-10)6(7,8)9/h3-4H2,1H3. The van der Waals surface area contributed by atoms with Crippen molar-refractivity contribution in [2.75, 3.05) is 20.1 Å². The van der Waals surface area contributed by atoms with Crippen LogP contribution in [0.1, 0.15) is 0 Å². The molecular weight excluding hydrogens is 143 g/mol. The van der Waals surface area contributed by atoms with Crippen molar-refractivity contribution in [3.63, 3.8) is 0 Å². The molecule has 0 fully saturated rings. The predicted octanol–water partition coefficient (Wildman–Crippen LogP) is 1.22. The van der Waals surface area contributed by atoms with E-state index in [9.17, 15) is 13.2 Å². The molecular formula is C6H7F3N. The van der Waals surface area contributed by atoms with Crippen LogP contribution in [0.4, 0.5) is 13.2 Å². The summed E-state index contributed by atoms with van der Waals surface area (Å²) >= 11 is 0. The molecule has 0 amide bonds. The first-order valence-corrected chi connectivity index (χ1v) is 2.85. The van der Waals surface area contributed by atoms with Gasteiger partial charge in [0.1, 0.15) is 0 Å². The third kappa shape index (κ3) is 1.50. The second-order valence-electron chi connectivity index (χ2n) is 2.33. The number of hydrogen-bond donors (Lipinski definition) is 0. The van der Waals surface area contributed by atoms with Crippen LogP contribution in [0.15, 0.2) is 5.57 Å². The van der Waals surface area contributed by atoms with Crippen LogP contribution in [0.25, 0.3) is 0 Å². The lowest BCUT2D eigenvalue weighted by atomic mass is 10.3. The fourth-order valence-corrected chi connectivity index (χ4v) is 0.802. The van der Waals surface area contributed by atoms with Crippen LogP contribution in [0.5, 0.6) is 0 Å². The molecule has 1 radical (unpaired) electrons. The lowest BCUT2D eigenvalue weighted by molar-refractivity contribution is -0.0935. The zero-order chi connectivity index (χ0) is 7.78. The summed E-state index contributed by atoms with van der Waals surface area (Å²) in [6.45, 7) is 0.262. The van der Waals surface area contributed by atoms with Crippen LogP contribution >= 0.6 is 0 Å². The Morgan fingerprint density at radius 3 is 2.30 bits per heavy atom. The molecule has 4 heteroatoms. The second-order valence-corrected chi connectivity index (χ2v) is 2.33. The molecule has 0 bridgehead atoms. The Bertz CT molecular complexity index is 159. The van der Waals surface area contributed by atoms with Crippen LogP contribution in [-0.4, -0.2) is 31.2 Å². The van der Waals surface area contributed by atoms with Crippen LogP contribution in [-0.2, 0) is 0 Å². The SMILES string of the molecule is CN1C[C]=C(C(F)(F)F)C1. The Kier molecular flexibility index (Phi) is 1.72. The summed E-state index contributed by atoms with van der Waals surface area (Å²) < 4.78 is 35.4. The highest BCUT2D eigenvalue weighted by atomic mass is 19.4. The Morgan fingerprint density at radius 1 is 1.50 bits per heavy atom. The van der Waals surface area contributed by atoms with Crippen LogP contribution in [0, 0.1) is 6.08 Å². The zero-order valence-electron chi connectivity index (χ0n) is 5.50. The smallest absolute Gasteiger partial charge is 0.298 e. The van der Waals surface area contributed by atoms with E-state index in [1.54, 1.807) is 11.9 Å². The van der Waals surface area contributed by atoms with Gasteiger partial charge in [0.2, 0.25) is 0 Å². The fourth-order valence-electron chi connectivity index (χ4n) is 0.802. The largest absolute Gasteiger partial charge is 0.414 e. The van der Waals surface area contributed by atoms with Crippen molar-refractivity contribution in [1.29, 1.82) is 0 Å². The molecule has 0 atom stereocenters. The van der Waals surface area contributed by atoms with Crippen molar-refractivity contribution in [1.82, 2.24) is 4.90 Å². The molecule has 0 N–H and O–H groups in total. The van der Waals surface area contributed by atoms with Crippen LogP contribution < -0.4 is 0 Å².